The number of benzene rings is 2. The number of aryl methyl sites for hydroxylation is 1. The topological polar surface area (TPSA) is 62.2 Å². The van der Waals surface area contributed by atoms with Crippen LogP contribution in [0.4, 0.5) is 11.4 Å². The van der Waals surface area contributed by atoms with Gasteiger partial charge in [-0.15, -0.1) is 0 Å². The molecule has 0 aliphatic carbocycles. The highest BCUT2D eigenvalue weighted by molar-refractivity contribution is 7.80. The van der Waals surface area contributed by atoms with Crippen LogP contribution in [0.5, 0.6) is 0 Å². The molecule has 36 heavy (non-hydrogen) atoms. The van der Waals surface area contributed by atoms with E-state index in [-0.39, 0.29) is 18.0 Å². The van der Waals surface area contributed by atoms with E-state index in [2.05, 4.69) is 69.3 Å². The number of pyridine rings is 1. The second kappa shape index (κ2) is 9.95. The van der Waals surface area contributed by atoms with Gasteiger partial charge in [-0.2, -0.15) is 0 Å². The highest BCUT2D eigenvalue weighted by atomic mass is 32.1. The van der Waals surface area contributed by atoms with Crippen LogP contribution in [0.1, 0.15) is 47.2 Å². The lowest BCUT2D eigenvalue weighted by molar-refractivity contribution is -0.114. The zero-order chi connectivity index (χ0) is 25.2. The van der Waals surface area contributed by atoms with Crippen molar-refractivity contribution < 1.29 is 4.79 Å². The number of nitrogens with one attached hydrogen (secondary N) is 2. The fourth-order valence-electron chi connectivity index (χ4n) is 4.99. The molecule has 6 nitrogen and oxygen atoms in total. The first-order chi connectivity index (χ1) is 17.4. The predicted molar refractivity (Wildman–Crippen MR) is 148 cm³/mol. The Balaban J connectivity index is 1.58. The summed E-state index contributed by atoms with van der Waals surface area (Å²) in [6, 6.07) is 26.4. The van der Waals surface area contributed by atoms with Gasteiger partial charge in [-0.1, -0.05) is 36.4 Å². The predicted octanol–water partition coefficient (Wildman–Crippen LogP) is 5.68. The highest BCUT2D eigenvalue weighted by Crippen LogP contribution is 2.43. The first kappa shape index (κ1) is 23.8. The minimum absolute atomic E-state index is 0.0882. The standard InChI is InChI=1S/C29H29N5OS/c1-19-17-25(20(2)33(19)18-22-9-5-4-6-10-22)28-27(26-11-7-8-16-30-26)32-29(36)34(28)24-14-12-23(13-15-24)31-21(3)35/h4-17,27-28H,18H2,1-3H3,(H,31,35)(H,32,36)/t27-,28+/m0/s1. The maximum Gasteiger partial charge on any atom is 0.221 e. The molecule has 5 rings (SSSR count). The van der Waals surface area contributed by atoms with E-state index in [1.165, 1.54) is 29.4 Å². The van der Waals surface area contributed by atoms with Crippen LogP contribution in [-0.2, 0) is 11.3 Å². The summed E-state index contributed by atoms with van der Waals surface area (Å²) in [5.41, 5.74) is 7.52. The molecule has 0 radical (unpaired) electrons. The Morgan fingerprint density at radius 3 is 2.42 bits per heavy atom. The van der Waals surface area contributed by atoms with Crippen LogP contribution in [0.3, 0.4) is 0 Å². The van der Waals surface area contributed by atoms with Crippen LogP contribution >= 0.6 is 12.2 Å². The van der Waals surface area contributed by atoms with Crippen molar-refractivity contribution in [2.45, 2.75) is 39.4 Å². The van der Waals surface area contributed by atoms with Gasteiger partial charge in [0, 0.05) is 42.4 Å². The van der Waals surface area contributed by atoms with Gasteiger partial charge in [0.2, 0.25) is 5.91 Å². The van der Waals surface area contributed by atoms with Crippen LogP contribution in [0.15, 0.2) is 85.1 Å². The van der Waals surface area contributed by atoms with Crippen molar-refractivity contribution in [3.05, 3.63) is 113 Å². The Morgan fingerprint density at radius 2 is 1.75 bits per heavy atom. The number of rotatable bonds is 6. The van der Waals surface area contributed by atoms with Crippen LogP contribution in [0.2, 0.25) is 0 Å². The molecule has 1 aliphatic heterocycles. The molecule has 4 aromatic rings. The zero-order valence-corrected chi connectivity index (χ0v) is 21.4. The van der Waals surface area contributed by atoms with E-state index in [9.17, 15) is 4.79 Å². The largest absolute Gasteiger partial charge is 0.351 e. The summed E-state index contributed by atoms with van der Waals surface area (Å²) in [4.78, 5) is 18.3. The van der Waals surface area contributed by atoms with Gasteiger partial charge >= 0.3 is 0 Å². The number of hydrogen-bond donors (Lipinski definition) is 2. The van der Waals surface area contributed by atoms with Gasteiger partial charge in [-0.05, 0) is 79.7 Å². The van der Waals surface area contributed by atoms with Crippen molar-refractivity contribution in [1.82, 2.24) is 14.9 Å². The Kier molecular flexibility index (Phi) is 6.57. The average molecular weight is 496 g/mol. The van der Waals surface area contributed by atoms with E-state index in [1.807, 2.05) is 54.7 Å². The SMILES string of the molecule is CC(=O)Nc1ccc(N2C(=S)N[C@@H](c3ccccn3)[C@H]2c2cc(C)n(Cc3ccccc3)c2C)cc1. The van der Waals surface area contributed by atoms with E-state index in [1.54, 1.807) is 0 Å². The molecular weight excluding hydrogens is 466 g/mol. The van der Waals surface area contributed by atoms with Crippen molar-refractivity contribution >= 4 is 34.6 Å². The summed E-state index contributed by atoms with van der Waals surface area (Å²) in [6.07, 6.45) is 1.82. The first-order valence-corrected chi connectivity index (χ1v) is 12.4. The van der Waals surface area contributed by atoms with Gasteiger partial charge in [0.15, 0.2) is 5.11 Å². The fraction of sp³-hybridized carbons (Fsp3) is 0.207. The molecule has 3 heterocycles. The molecule has 1 amide bonds. The van der Waals surface area contributed by atoms with Gasteiger partial charge in [0.05, 0.1) is 17.8 Å². The van der Waals surface area contributed by atoms with E-state index < -0.39 is 0 Å². The summed E-state index contributed by atoms with van der Waals surface area (Å²) in [5.74, 6) is -0.0972. The Morgan fingerprint density at radius 1 is 1.03 bits per heavy atom. The maximum atomic E-state index is 11.5. The van der Waals surface area contributed by atoms with Crippen molar-refractivity contribution in [2.75, 3.05) is 10.2 Å². The van der Waals surface area contributed by atoms with Crippen LogP contribution in [0, 0.1) is 13.8 Å². The van der Waals surface area contributed by atoms with E-state index in [4.69, 9.17) is 12.2 Å². The Labute approximate surface area is 217 Å². The summed E-state index contributed by atoms with van der Waals surface area (Å²) >= 11 is 5.88. The molecule has 2 aromatic heterocycles. The minimum Gasteiger partial charge on any atom is -0.351 e. The summed E-state index contributed by atoms with van der Waals surface area (Å²) in [6.45, 7) is 6.65. The average Bonchev–Trinajstić information content (AvgIpc) is 3.36. The normalized spacial score (nSPS) is 17.2. The van der Waals surface area contributed by atoms with E-state index in [0.29, 0.717) is 5.11 Å². The molecule has 1 aliphatic rings. The molecule has 0 saturated carbocycles. The number of amides is 1. The summed E-state index contributed by atoms with van der Waals surface area (Å²) < 4.78 is 2.36. The molecule has 0 bridgehead atoms. The Bertz CT molecular complexity index is 1380. The van der Waals surface area contributed by atoms with Crippen molar-refractivity contribution in [3.63, 3.8) is 0 Å². The van der Waals surface area contributed by atoms with E-state index in [0.717, 1.165) is 23.6 Å². The zero-order valence-electron chi connectivity index (χ0n) is 20.6. The lowest BCUT2D eigenvalue weighted by Gasteiger charge is -2.28. The number of hydrogen-bond acceptors (Lipinski definition) is 3. The molecule has 182 valence electrons. The summed E-state index contributed by atoms with van der Waals surface area (Å²) in [7, 11) is 0. The number of nitrogens with zero attached hydrogens (tertiary/aromatic N) is 3. The second-order valence-corrected chi connectivity index (χ2v) is 9.51. The number of carbonyl (C=O) groups excluding carboxylic acids is 1. The monoisotopic (exact) mass is 495 g/mol. The van der Waals surface area contributed by atoms with E-state index >= 15 is 0 Å². The quantitative estimate of drug-likeness (QED) is 0.337. The molecule has 1 fully saturated rings. The third-order valence-corrected chi connectivity index (χ3v) is 6.99. The molecule has 2 aromatic carbocycles. The van der Waals surface area contributed by atoms with Gasteiger partial charge in [-0.3, -0.25) is 9.78 Å². The molecule has 7 heteroatoms. The van der Waals surface area contributed by atoms with Crippen LogP contribution in [0.25, 0.3) is 0 Å². The van der Waals surface area contributed by atoms with Gasteiger partial charge in [-0.25, -0.2) is 0 Å². The van der Waals surface area contributed by atoms with Crippen molar-refractivity contribution in [2.24, 2.45) is 0 Å². The number of thiocarbonyl (C=S) groups is 1. The molecule has 0 unspecified atom stereocenters. The van der Waals surface area contributed by atoms with Gasteiger partial charge < -0.3 is 20.1 Å². The Hall–Kier alpha value is -3.97. The van der Waals surface area contributed by atoms with Crippen molar-refractivity contribution in [3.8, 4) is 0 Å². The maximum absolute atomic E-state index is 11.5. The molecule has 0 spiro atoms. The van der Waals surface area contributed by atoms with Gasteiger partial charge in [0.1, 0.15) is 0 Å². The third-order valence-electron chi connectivity index (χ3n) is 6.68. The van der Waals surface area contributed by atoms with Crippen molar-refractivity contribution in [1.29, 1.82) is 0 Å². The molecular formula is C29H29N5OS. The first-order valence-electron chi connectivity index (χ1n) is 12.0. The fourth-order valence-corrected chi connectivity index (χ4v) is 5.34. The molecule has 1 saturated heterocycles. The second-order valence-electron chi connectivity index (χ2n) is 9.12. The number of aromatic nitrogens is 2. The number of anilines is 2. The highest BCUT2D eigenvalue weighted by Gasteiger charge is 2.42. The van der Waals surface area contributed by atoms with Gasteiger partial charge in [0.25, 0.3) is 0 Å². The van der Waals surface area contributed by atoms with Crippen LogP contribution in [-0.4, -0.2) is 20.6 Å². The van der Waals surface area contributed by atoms with Crippen LogP contribution < -0.4 is 15.5 Å². The number of carbonyl (C=O) groups is 1. The lowest BCUT2D eigenvalue weighted by Crippen LogP contribution is -2.29. The smallest absolute Gasteiger partial charge is 0.221 e. The lowest BCUT2D eigenvalue weighted by atomic mass is 9.96. The minimum atomic E-state index is -0.112. The molecule has 2 atom stereocenters. The molecule has 2 N–H and O–H groups in total. The summed E-state index contributed by atoms with van der Waals surface area (Å²) in [5, 5.41) is 7.02. The third kappa shape index (κ3) is 4.62.